The summed E-state index contributed by atoms with van der Waals surface area (Å²) in [5.41, 5.74) is 6.83. The third kappa shape index (κ3) is 29.0. The maximum absolute atomic E-state index is 15.0. The van der Waals surface area contributed by atoms with Crippen molar-refractivity contribution in [1.29, 1.82) is 0 Å². The Morgan fingerprint density at radius 2 is 0.740 bits per heavy atom. The molecule has 4 saturated heterocycles. The number of piperazine rings is 2. The van der Waals surface area contributed by atoms with Gasteiger partial charge in [0.1, 0.15) is 36.3 Å². The van der Waals surface area contributed by atoms with Gasteiger partial charge in [0.15, 0.2) is 0 Å². The zero-order valence-corrected chi connectivity index (χ0v) is 87.0. The third-order valence-corrected chi connectivity index (χ3v) is 28.3. The summed E-state index contributed by atoms with van der Waals surface area (Å²) in [4.78, 5) is 240. The quantitative estimate of drug-likeness (QED) is 0.0321. The summed E-state index contributed by atoms with van der Waals surface area (Å²) in [6.07, 6.45) is 0.954. The fourth-order valence-corrected chi connectivity index (χ4v) is 20.6. The first kappa shape index (κ1) is 111. The zero-order valence-electron chi connectivity index (χ0n) is 87.0. The summed E-state index contributed by atoms with van der Waals surface area (Å²) < 4.78 is 0. The third-order valence-electron chi connectivity index (χ3n) is 28.3. The molecule has 146 heavy (non-hydrogen) atoms. The lowest BCUT2D eigenvalue weighted by atomic mass is 9.93. The van der Waals surface area contributed by atoms with Crippen LogP contribution in [0.5, 0.6) is 0 Å². The van der Waals surface area contributed by atoms with E-state index in [0.29, 0.717) is 161 Å². The van der Waals surface area contributed by atoms with E-state index in [1.807, 2.05) is 178 Å². The molecule has 14 N–H and O–H groups in total. The first-order valence-electron chi connectivity index (χ1n) is 51.5. The number of nitrogens with one attached hydrogen (secondary N) is 12. The summed E-state index contributed by atoms with van der Waals surface area (Å²) in [6.45, 7) is 32.9. The van der Waals surface area contributed by atoms with Crippen molar-refractivity contribution in [1.82, 2.24) is 83.4 Å². The Kier molecular flexibility index (Phi) is 37.7. The van der Waals surface area contributed by atoms with E-state index in [0.717, 1.165) is 22.5 Å². The summed E-state index contributed by atoms with van der Waals surface area (Å²) in [7, 11) is 0. The van der Waals surface area contributed by atoms with Crippen LogP contribution in [0.15, 0.2) is 133 Å². The molecule has 6 aromatic rings. The number of aliphatic carboxylic acids is 2. The molecule has 0 radical (unpaired) electrons. The number of benzene rings is 6. The van der Waals surface area contributed by atoms with E-state index >= 15 is 9.59 Å². The number of amides is 14. The van der Waals surface area contributed by atoms with Crippen LogP contribution in [-0.4, -0.2) is 273 Å². The van der Waals surface area contributed by atoms with Crippen LogP contribution >= 0.6 is 0 Å². The number of rotatable bonds is 21. The molecule has 36 heteroatoms. The van der Waals surface area contributed by atoms with Crippen LogP contribution in [0.4, 0.5) is 11.4 Å². The normalized spacial score (nSPS) is 23.7. The Labute approximate surface area is 855 Å². The van der Waals surface area contributed by atoms with Gasteiger partial charge in [0.2, 0.25) is 59.1 Å². The van der Waals surface area contributed by atoms with E-state index < -0.39 is 191 Å². The molecular weight excluding hydrogens is 1860 g/mol. The standard InChI is InChI=1S/C110H148N18O18/c1-17-65(7)93-103(141)113-67(9)95(105(143)121-109(11,12)13)127-43-23-29-87(127)101(139)111-61-73-55-71(97(135)115-75(53-63(3)4)57-89(129)117-85(59-91(131)132)99(137)119-93)35-41-79(73)69-31-37-77(38-32-69)123-45-49-125(50-46-123)107(145)83-27-21-19-25-81(83)82-26-20-22-28-84(82)108(146)126-51-47-124(48-52-126)78-39-33-70(34-40-78)80-42-36-72-56-74(80)62-112-102(140)88-30-24-44-128(88)96(106(144)122-110(14,15)16)68(10)114-104(142)94(66(8)18-2)120-100(138)86(60-92(133)134)118-90(130)58-76(54-64(5)6)116-98(72)136/h19-22,25-28,31-42,55-56,63-68,75-76,85-88,93-96H,17-18,23-24,29-30,43-54,57-62H2,1-16H3,(H,111,139)(H,112,140)(H,113,141)(H,114,142)(H,115,135)(H,116,136)(H,117,129)(H,118,130)(H,119,137)(H,120,138)(H,121,143)(H,122,144)(H,131,132)(H,133,134)/t65-,66-,67+,68+,75-,76-,85-,86-,87-,88-,93-,94-,95-,96-/m0/s1. The molecule has 12 rings (SSSR count). The van der Waals surface area contributed by atoms with Gasteiger partial charge in [-0.15, -0.1) is 0 Å². The smallest absolute Gasteiger partial charge is 0.305 e. The van der Waals surface area contributed by atoms with Gasteiger partial charge in [-0.25, -0.2) is 0 Å². The molecule has 0 spiro atoms. The molecule has 6 heterocycles. The van der Waals surface area contributed by atoms with Gasteiger partial charge >= 0.3 is 11.9 Å². The van der Waals surface area contributed by atoms with Gasteiger partial charge in [0.25, 0.3) is 23.6 Å². The number of anilines is 2. The molecule has 4 bridgehead atoms. The van der Waals surface area contributed by atoms with E-state index in [1.54, 1.807) is 86.0 Å². The minimum absolute atomic E-state index is 0.0361. The number of hydrogen-bond donors (Lipinski definition) is 14. The van der Waals surface area contributed by atoms with Gasteiger partial charge in [-0.05, 0) is 236 Å². The van der Waals surface area contributed by atoms with Crippen LogP contribution in [0, 0.1) is 23.7 Å². The molecule has 36 nitrogen and oxygen atoms in total. The van der Waals surface area contributed by atoms with E-state index in [1.165, 1.54) is 0 Å². The number of carboxylic acids is 2. The second kappa shape index (κ2) is 49.5. The maximum atomic E-state index is 15.0. The summed E-state index contributed by atoms with van der Waals surface area (Å²) in [5.74, 6) is -11.6. The van der Waals surface area contributed by atoms with Crippen molar-refractivity contribution in [2.45, 2.75) is 284 Å². The highest BCUT2D eigenvalue weighted by molar-refractivity contribution is 6.07. The van der Waals surface area contributed by atoms with Crippen molar-refractivity contribution in [3.05, 3.63) is 167 Å². The maximum Gasteiger partial charge on any atom is 0.305 e. The Bertz CT molecular complexity index is 5420. The summed E-state index contributed by atoms with van der Waals surface area (Å²) in [5, 5.41) is 55.0. The number of carboxylic acid groups (broad SMARTS) is 2. The molecule has 14 amide bonds. The zero-order chi connectivity index (χ0) is 106. The highest BCUT2D eigenvalue weighted by Gasteiger charge is 2.47. The molecule has 0 aromatic heterocycles. The fraction of sp³-hybridized carbons (Fsp3) is 0.527. The topological polar surface area (TPSA) is 477 Å². The van der Waals surface area contributed by atoms with Crippen LogP contribution in [0.3, 0.4) is 0 Å². The lowest BCUT2D eigenvalue weighted by Gasteiger charge is -2.38. The summed E-state index contributed by atoms with van der Waals surface area (Å²) >= 11 is 0. The first-order valence-corrected chi connectivity index (χ1v) is 51.5. The fourth-order valence-electron chi connectivity index (χ4n) is 20.6. The molecule has 0 unspecified atom stereocenters. The molecule has 0 saturated carbocycles. The number of nitrogens with zero attached hydrogens (tertiary/aromatic N) is 6. The van der Waals surface area contributed by atoms with Crippen LogP contribution in [0.2, 0.25) is 0 Å². The van der Waals surface area contributed by atoms with Crippen molar-refractivity contribution >= 4 is 106 Å². The average Bonchev–Trinajstić information content (AvgIpc) is 1.48. The van der Waals surface area contributed by atoms with E-state index in [2.05, 4.69) is 73.6 Å². The first-order chi connectivity index (χ1) is 69.2. The lowest BCUT2D eigenvalue weighted by Crippen LogP contribution is -2.64. The Balaban J connectivity index is 0.733. The van der Waals surface area contributed by atoms with Crippen LogP contribution in [-0.2, 0) is 70.6 Å². The Morgan fingerprint density at radius 1 is 0.397 bits per heavy atom. The van der Waals surface area contributed by atoms with Crippen LogP contribution < -0.4 is 73.6 Å². The van der Waals surface area contributed by atoms with Crippen molar-refractivity contribution < 1.29 is 86.9 Å². The molecule has 6 aliphatic heterocycles. The molecule has 4 fully saturated rings. The highest BCUT2D eigenvalue weighted by atomic mass is 16.4. The Morgan fingerprint density at radius 3 is 1.07 bits per heavy atom. The van der Waals surface area contributed by atoms with Crippen molar-refractivity contribution in [2.75, 3.05) is 75.2 Å². The summed E-state index contributed by atoms with van der Waals surface area (Å²) in [6, 6.07) is 27.6. The second-order valence-electron chi connectivity index (χ2n) is 42.9. The highest BCUT2D eigenvalue weighted by Crippen LogP contribution is 2.36. The van der Waals surface area contributed by atoms with Gasteiger partial charge in [-0.1, -0.05) is 141 Å². The number of carbonyl (C=O) groups is 16. The van der Waals surface area contributed by atoms with E-state index in [4.69, 9.17) is 0 Å². The predicted molar refractivity (Wildman–Crippen MR) is 555 cm³/mol. The molecule has 6 aliphatic rings. The van der Waals surface area contributed by atoms with Crippen molar-refractivity contribution in [3.8, 4) is 33.4 Å². The number of carbonyl (C=O) groups excluding carboxylic acids is 14. The molecular formula is C110H148N18O18. The molecule has 0 aliphatic carbocycles. The van der Waals surface area contributed by atoms with E-state index in [-0.39, 0.29) is 60.7 Å². The molecule has 14 atom stereocenters. The van der Waals surface area contributed by atoms with E-state index in [9.17, 15) is 77.3 Å². The number of fused-ring (bicyclic) bond motifs is 6. The molecule has 6 aromatic carbocycles. The Hall–Kier alpha value is -13.6. The largest absolute Gasteiger partial charge is 0.481 e. The SMILES string of the molecule is CC[C@H](C)[C@@H]1NC(=O)[C@H](CC(=O)O)NC(=O)C[C@H](CC(C)C)NC(=O)c2ccc(-c3ccc(N4CCN(C(=O)c5ccccc5-c5ccccc5C(=O)N5CCN(c6ccc(-c7ccc8cc7CNC(=O)[C@@H]7CCCN7[C@H](C(=O)NC(C)(C)C)[C@@H](C)NC(=O)[C@H]([C@@H](C)CC)NC(=O)[C@H](CC(=O)O)NC(=O)C[C@H](CC(C)C)NC8=O)cc6)CC5)CC4)cc3)c(c2)CNC(=O)[C@@H]2CCCN2[C@H](C(=O)NC(C)(C)C)[C@@H](C)NC1=O. The monoisotopic (exact) mass is 2010 g/mol. The second-order valence-corrected chi connectivity index (χ2v) is 42.9. The van der Waals surface area contributed by atoms with Gasteiger partial charge in [0.05, 0.1) is 37.0 Å². The number of hydrogen-bond acceptors (Lipinski definition) is 20. The van der Waals surface area contributed by atoms with Gasteiger partial charge < -0.3 is 93.6 Å². The minimum Gasteiger partial charge on any atom is -0.481 e. The van der Waals surface area contributed by atoms with Gasteiger partial charge in [0, 0.05) is 135 Å². The minimum atomic E-state index is -1.62. The van der Waals surface area contributed by atoms with Crippen molar-refractivity contribution in [2.24, 2.45) is 23.7 Å². The lowest BCUT2D eigenvalue weighted by molar-refractivity contribution is -0.142. The van der Waals surface area contributed by atoms with Gasteiger partial charge in [-0.2, -0.15) is 0 Å². The van der Waals surface area contributed by atoms with Crippen LogP contribution in [0.25, 0.3) is 33.4 Å². The predicted octanol–water partition coefficient (Wildman–Crippen LogP) is 8.43. The van der Waals surface area contributed by atoms with Crippen molar-refractivity contribution in [3.63, 3.8) is 0 Å². The molecule has 786 valence electrons. The average molecular weight is 2010 g/mol. The van der Waals surface area contributed by atoms with Gasteiger partial charge in [-0.3, -0.25) is 86.5 Å². The van der Waals surface area contributed by atoms with Crippen LogP contribution in [0.1, 0.15) is 240 Å².